The topological polar surface area (TPSA) is 74.7 Å². The van der Waals surface area contributed by atoms with E-state index < -0.39 is 6.10 Å². The Hall–Kier alpha value is -2.19. The van der Waals surface area contributed by atoms with Crippen molar-refractivity contribution in [1.29, 1.82) is 5.26 Å². The maximum atomic E-state index is 10.2. The molecule has 1 heterocycles. The predicted octanol–water partition coefficient (Wildman–Crippen LogP) is 2.01. The quantitative estimate of drug-likeness (QED) is 0.908. The molecule has 5 heteroatoms. The highest BCUT2D eigenvalue weighted by molar-refractivity contribution is 5.32. The van der Waals surface area contributed by atoms with Crippen LogP contribution < -0.4 is 0 Å². The third-order valence-electron chi connectivity index (χ3n) is 2.94. The van der Waals surface area contributed by atoms with Gasteiger partial charge in [-0.05, 0) is 31.5 Å². The molecular weight excluding hydrogens is 240 g/mol. The SMILES string of the molecule is CC(C)n1ncnc1CC(O)c1ccc(C#N)cc1. The van der Waals surface area contributed by atoms with Gasteiger partial charge >= 0.3 is 0 Å². The third kappa shape index (κ3) is 2.98. The molecule has 0 aliphatic carbocycles. The Morgan fingerprint density at radius 3 is 2.58 bits per heavy atom. The lowest BCUT2D eigenvalue weighted by atomic mass is 10.0. The first-order chi connectivity index (χ1) is 9.11. The molecule has 1 atom stereocenters. The van der Waals surface area contributed by atoms with Crippen LogP contribution in [0.4, 0.5) is 0 Å². The fourth-order valence-corrected chi connectivity index (χ4v) is 1.92. The Balaban J connectivity index is 2.14. The summed E-state index contributed by atoms with van der Waals surface area (Å²) in [5.41, 5.74) is 1.36. The van der Waals surface area contributed by atoms with E-state index in [2.05, 4.69) is 16.2 Å². The number of hydrogen-bond donors (Lipinski definition) is 1. The van der Waals surface area contributed by atoms with Crippen LogP contribution in [-0.2, 0) is 6.42 Å². The number of hydrogen-bond acceptors (Lipinski definition) is 4. The molecule has 0 aliphatic rings. The second kappa shape index (κ2) is 5.63. The lowest BCUT2D eigenvalue weighted by Gasteiger charge is -2.13. The van der Waals surface area contributed by atoms with Crippen molar-refractivity contribution in [3.05, 3.63) is 47.5 Å². The van der Waals surface area contributed by atoms with Gasteiger partial charge in [-0.3, -0.25) is 0 Å². The lowest BCUT2D eigenvalue weighted by Crippen LogP contribution is -2.12. The molecule has 0 saturated carbocycles. The zero-order valence-electron chi connectivity index (χ0n) is 11.0. The van der Waals surface area contributed by atoms with E-state index in [1.165, 1.54) is 6.33 Å². The summed E-state index contributed by atoms with van der Waals surface area (Å²) in [7, 11) is 0. The van der Waals surface area contributed by atoms with Crippen LogP contribution in [0.5, 0.6) is 0 Å². The van der Waals surface area contributed by atoms with E-state index in [1.54, 1.807) is 28.9 Å². The van der Waals surface area contributed by atoms with Crippen LogP contribution in [-0.4, -0.2) is 19.9 Å². The van der Waals surface area contributed by atoms with Crippen LogP contribution in [0.1, 0.15) is 42.9 Å². The van der Waals surface area contributed by atoms with Gasteiger partial charge in [0, 0.05) is 12.5 Å². The van der Waals surface area contributed by atoms with Gasteiger partial charge in [-0.2, -0.15) is 10.4 Å². The minimum absolute atomic E-state index is 0.214. The summed E-state index contributed by atoms with van der Waals surface area (Å²) in [5.74, 6) is 0.756. The van der Waals surface area contributed by atoms with Crippen LogP contribution in [0.25, 0.3) is 0 Å². The highest BCUT2D eigenvalue weighted by atomic mass is 16.3. The zero-order chi connectivity index (χ0) is 13.8. The average Bonchev–Trinajstić information content (AvgIpc) is 2.87. The van der Waals surface area contributed by atoms with E-state index >= 15 is 0 Å². The standard InChI is InChI=1S/C14H16N4O/c1-10(2)18-14(16-9-17-18)7-13(19)12-5-3-11(8-15)4-6-12/h3-6,9-10,13,19H,7H2,1-2H3. The van der Waals surface area contributed by atoms with Gasteiger partial charge in [-0.1, -0.05) is 12.1 Å². The van der Waals surface area contributed by atoms with Crippen molar-refractivity contribution in [2.24, 2.45) is 0 Å². The number of nitrogens with zero attached hydrogens (tertiary/aromatic N) is 4. The molecule has 1 unspecified atom stereocenters. The normalized spacial score (nSPS) is 12.4. The molecule has 1 N–H and O–H groups in total. The smallest absolute Gasteiger partial charge is 0.138 e. The molecule has 2 rings (SSSR count). The molecule has 2 aromatic rings. The number of aliphatic hydroxyl groups is 1. The largest absolute Gasteiger partial charge is 0.388 e. The van der Waals surface area contributed by atoms with Crippen molar-refractivity contribution in [3.63, 3.8) is 0 Å². The maximum Gasteiger partial charge on any atom is 0.138 e. The van der Waals surface area contributed by atoms with Crippen molar-refractivity contribution >= 4 is 0 Å². The molecule has 19 heavy (non-hydrogen) atoms. The van der Waals surface area contributed by atoms with Gasteiger partial charge in [0.15, 0.2) is 0 Å². The van der Waals surface area contributed by atoms with Crippen molar-refractivity contribution in [3.8, 4) is 6.07 Å². The summed E-state index contributed by atoms with van der Waals surface area (Å²) in [5, 5.41) is 23.1. The van der Waals surface area contributed by atoms with E-state index in [1.807, 2.05) is 13.8 Å². The van der Waals surface area contributed by atoms with Gasteiger partial charge in [0.1, 0.15) is 12.2 Å². The number of nitriles is 1. The molecule has 1 aromatic carbocycles. The van der Waals surface area contributed by atoms with Crippen LogP contribution in [0, 0.1) is 11.3 Å². The summed E-state index contributed by atoms with van der Waals surface area (Å²) in [6.07, 6.45) is 1.26. The fourth-order valence-electron chi connectivity index (χ4n) is 1.92. The van der Waals surface area contributed by atoms with Crippen LogP contribution in [0.2, 0.25) is 0 Å². The molecule has 0 amide bonds. The first kappa shape index (κ1) is 13.2. The van der Waals surface area contributed by atoms with Gasteiger partial charge in [0.25, 0.3) is 0 Å². The van der Waals surface area contributed by atoms with Crippen molar-refractivity contribution < 1.29 is 5.11 Å². The molecule has 0 aliphatic heterocycles. The molecule has 0 fully saturated rings. The van der Waals surface area contributed by atoms with E-state index in [9.17, 15) is 5.11 Å². The van der Waals surface area contributed by atoms with E-state index in [0.29, 0.717) is 12.0 Å². The molecule has 98 valence electrons. The Morgan fingerprint density at radius 1 is 1.32 bits per heavy atom. The Labute approximate surface area is 112 Å². The monoisotopic (exact) mass is 256 g/mol. The molecule has 0 saturated heterocycles. The summed E-state index contributed by atoms with van der Waals surface area (Å²) >= 11 is 0. The fraction of sp³-hybridized carbons (Fsp3) is 0.357. The van der Waals surface area contributed by atoms with Gasteiger partial charge in [0.05, 0.1) is 17.7 Å². The van der Waals surface area contributed by atoms with E-state index in [-0.39, 0.29) is 6.04 Å². The van der Waals surface area contributed by atoms with Gasteiger partial charge in [-0.25, -0.2) is 9.67 Å². The Kier molecular flexibility index (Phi) is 3.93. The summed E-state index contributed by atoms with van der Waals surface area (Å²) in [4.78, 5) is 4.18. The lowest BCUT2D eigenvalue weighted by molar-refractivity contribution is 0.173. The van der Waals surface area contributed by atoms with Gasteiger partial charge < -0.3 is 5.11 Å². The maximum absolute atomic E-state index is 10.2. The number of rotatable bonds is 4. The van der Waals surface area contributed by atoms with E-state index in [0.717, 1.165) is 11.4 Å². The Bertz CT molecular complexity index is 580. The zero-order valence-corrected chi connectivity index (χ0v) is 11.0. The minimum Gasteiger partial charge on any atom is -0.388 e. The Morgan fingerprint density at radius 2 is 2.00 bits per heavy atom. The van der Waals surface area contributed by atoms with Crippen LogP contribution >= 0.6 is 0 Å². The van der Waals surface area contributed by atoms with Crippen LogP contribution in [0.3, 0.4) is 0 Å². The second-order valence-electron chi connectivity index (χ2n) is 4.67. The number of benzene rings is 1. The molecular formula is C14H16N4O. The molecule has 1 aromatic heterocycles. The molecule has 0 spiro atoms. The number of aliphatic hydroxyl groups excluding tert-OH is 1. The van der Waals surface area contributed by atoms with Gasteiger partial charge in [0.2, 0.25) is 0 Å². The first-order valence-electron chi connectivity index (χ1n) is 6.18. The average molecular weight is 256 g/mol. The third-order valence-corrected chi connectivity index (χ3v) is 2.94. The van der Waals surface area contributed by atoms with Gasteiger partial charge in [-0.15, -0.1) is 0 Å². The highest BCUT2D eigenvalue weighted by Gasteiger charge is 2.14. The van der Waals surface area contributed by atoms with Crippen molar-refractivity contribution in [2.75, 3.05) is 0 Å². The summed E-state index contributed by atoms with van der Waals surface area (Å²) < 4.78 is 1.80. The first-order valence-corrected chi connectivity index (χ1v) is 6.18. The van der Waals surface area contributed by atoms with Crippen molar-refractivity contribution in [2.45, 2.75) is 32.4 Å². The molecule has 0 bridgehead atoms. The van der Waals surface area contributed by atoms with Crippen LogP contribution in [0.15, 0.2) is 30.6 Å². The summed E-state index contributed by atoms with van der Waals surface area (Å²) in [6, 6.07) is 9.19. The van der Waals surface area contributed by atoms with E-state index in [4.69, 9.17) is 5.26 Å². The second-order valence-corrected chi connectivity index (χ2v) is 4.67. The van der Waals surface area contributed by atoms with Crippen molar-refractivity contribution in [1.82, 2.24) is 14.8 Å². The molecule has 0 radical (unpaired) electrons. The molecule has 5 nitrogen and oxygen atoms in total. The predicted molar refractivity (Wildman–Crippen MR) is 70.2 cm³/mol. The summed E-state index contributed by atoms with van der Waals surface area (Å²) in [6.45, 7) is 4.04. The number of aromatic nitrogens is 3. The minimum atomic E-state index is -0.644. The highest BCUT2D eigenvalue weighted by Crippen LogP contribution is 2.19.